The Morgan fingerprint density at radius 2 is 2.32 bits per heavy atom. The highest BCUT2D eigenvalue weighted by Gasteiger charge is 2.13. The fourth-order valence-corrected chi connectivity index (χ4v) is 4.93. The van der Waals surface area contributed by atoms with E-state index in [-0.39, 0.29) is 0 Å². The fourth-order valence-electron chi connectivity index (χ4n) is 2.12. The number of halogens is 1. The first-order chi connectivity index (χ1) is 9.31. The molecule has 0 aliphatic carbocycles. The van der Waals surface area contributed by atoms with Crippen molar-refractivity contribution in [2.24, 2.45) is 0 Å². The van der Waals surface area contributed by atoms with Gasteiger partial charge in [-0.15, -0.1) is 0 Å². The van der Waals surface area contributed by atoms with Crippen molar-refractivity contribution in [3.8, 4) is 0 Å². The van der Waals surface area contributed by atoms with Crippen molar-refractivity contribution in [3.05, 3.63) is 35.2 Å². The van der Waals surface area contributed by atoms with Crippen LogP contribution in [0.3, 0.4) is 0 Å². The SMILES string of the molecule is Clc1ccc2nc(CNCC3CSCCS3)cn2c1. The van der Waals surface area contributed by atoms with Gasteiger partial charge in [-0.3, -0.25) is 0 Å². The lowest BCUT2D eigenvalue weighted by Crippen LogP contribution is -2.28. The topological polar surface area (TPSA) is 29.3 Å². The minimum absolute atomic E-state index is 0.736. The second-order valence-corrected chi connectivity index (χ2v) is 7.54. The molecule has 0 amide bonds. The molecule has 1 fully saturated rings. The van der Waals surface area contributed by atoms with E-state index in [9.17, 15) is 0 Å². The van der Waals surface area contributed by atoms with Crippen LogP contribution in [-0.4, -0.2) is 38.4 Å². The van der Waals surface area contributed by atoms with Crippen LogP contribution >= 0.6 is 35.1 Å². The fraction of sp³-hybridized carbons (Fsp3) is 0.462. The van der Waals surface area contributed by atoms with E-state index >= 15 is 0 Å². The van der Waals surface area contributed by atoms with Gasteiger partial charge in [0.15, 0.2) is 0 Å². The highest BCUT2D eigenvalue weighted by atomic mass is 35.5. The molecule has 3 nitrogen and oxygen atoms in total. The number of aromatic nitrogens is 2. The molecule has 0 spiro atoms. The molecule has 3 rings (SSSR count). The quantitative estimate of drug-likeness (QED) is 0.940. The third-order valence-corrected chi connectivity index (χ3v) is 6.10. The van der Waals surface area contributed by atoms with Crippen molar-refractivity contribution in [3.63, 3.8) is 0 Å². The molecule has 0 aromatic carbocycles. The Bertz CT molecular complexity index is 552. The van der Waals surface area contributed by atoms with E-state index < -0.39 is 0 Å². The third kappa shape index (κ3) is 3.60. The lowest BCUT2D eigenvalue weighted by Gasteiger charge is -2.20. The molecule has 3 heterocycles. The molecule has 1 saturated heterocycles. The first-order valence-electron chi connectivity index (χ1n) is 6.34. The molecule has 6 heteroatoms. The number of nitrogens with one attached hydrogen (secondary N) is 1. The molecule has 19 heavy (non-hydrogen) atoms. The molecular formula is C13H16ClN3S2. The number of hydrogen-bond acceptors (Lipinski definition) is 4. The number of thioether (sulfide) groups is 2. The third-order valence-electron chi connectivity index (χ3n) is 3.03. The second kappa shape index (κ2) is 6.39. The van der Waals surface area contributed by atoms with E-state index in [2.05, 4.69) is 33.8 Å². The average Bonchev–Trinajstić information content (AvgIpc) is 2.82. The molecule has 1 aliphatic rings. The van der Waals surface area contributed by atoms with Gasteiger partial charge in [0.1, 0.15) is 5.65 Å². The van der Waals surface area contributed by atoms with Crippen LogP contribution in [0.1, 0.15) is 5.69 Å². The molecule has 1 atom stereocenters. The van der Waals surface area contributed by atoms with Gasteiger partial charge in [0.2, 0.25) is 0 Å². The number of fused-ring (bicyclic) bond motifs is 1. The standard InChI is InChI=1S/C13H16ClN3S2/c14-10-1-2-13-16-11(8-17(13)7-10)5-15-6-12-9-18-3-4-19-12/h1-2,7-8,12,15H,3-6,9H2. The van der Waals surface area contributed by atoms with Gasteiger partial charge in [-0.2, -0.15) is 23.5 Å². The first kappa shape index (κ1) is 13.6. The molecule has 1 aliphatic heterocycles. The lowest BCUT2D eigenvalue weighted by molar-refractivity contribution is 0.677. The van der Waals surface area contributed by atoms with Crippen molar-refractivity contribution in [1.29, 1.82) is 0 Å². The summed E-state index contributed by atoms with van der Waals surface area (Å²) in [6.07, 6.45) is 3.93. The van der Waals surface area contributed by atoms with Crippen LogP contribution in [0.15, 0.2) is 24.5 Å². The van der Waals surface area contributed by atoms with Crippen LogP contribution in [-0.2, 0) is 6.54 Å². The van der Waals surface area contributed by atoms with Crippen LogP contribution in [0, 0.1) is 0 Å². The van der Waals surface area contributed by atoms with Crippen molar-refractivity contribution in [2.75, 3.05) is 23.8 Å². The van der Waals surface area contributed by atoms with Crippen molar-refractivity contribution < 1.29 is 0 Å². The summed E-state index contributed by atoms with van der Waals surface area (Å²) < 4.78 is 1.98. The van der Waals surface area contributed by atoms with E-state index in [1.165, 1.54) is 17.3 Å². The normalized spacial score (nSPS) is 19.9. The Morgan fingerprint density at radius 1 is 1.37 bits per heavy atom. The zero-order valence-electron chi connectivity index (χ0n) is 10.5. The highest BCUT2D eigenvalue weighted by molar-refractivity contribution is 8.06. The molecule has 2 aromatic heterocycles. The summed E-state index contributed by atoms with van der Waals surface area (Å²) in [5.74, 6) is 3.84. The molecule has 2 aromatic rings. The van der Waals surface area contributed by atoms with Gasteiger partial charge < -0.3 is 9.72 Å². The van der Waals surface area contributed by atoms with E-state index in [0.717, 1.165) is 34.7 Å². The van der Waals surface area contributed by atoms with Gasteiger partial charge in [-0.25, -0.2) is 4.98 Å². The zero-order chi connectivity index (χ0) is 13.1. The monoisotopic (exact) mass is 313 g/mol. The molecule has 0 saturated carbocycles. The molecule has 0 bridgehead atoms. The largest absolute Gasteiger partial charge is 0.310 e. The summed E-state index contributed by atoms with van der Waals surface area (Å²) in [6, 6.07) is 3.82. The Morgan fingerprint density at radius 3 is 3.16 bits per heavy atom. The maximum absolute atomic E-state index is 5.96. The van der Waals surface area contributed by atoms with Crippen LogP contribution in [0.2, 0.25) is 5.02 Å². The van der Waals surface area contributed by atoms with Crippen molar-refractivity contribution in [1.82, 2.24) is 14.7 Å². The number of nitrogens with zero attached hydrogens (tertiary/aromatic N) is 2. The Balaban J connectivity index is 1.56. The summed E-state index contributed by atoms with van der Waals surface area (Å²) >= 11 is 10.1. The number of imidazole rings is 1. The average molecular weight is 314 g/mol. The number of hydrogen-bond donors (Lipinski definition) is 1. The van der Waals surface area contributed by atoms with Gasteiger partial charge in [0.25, 0.3) is 0 Å². The highest BCUT2D eigenvalue weighted by Crippen LogP contribution is 2.23. The minimum Gasteiger partial charge on any atom is -0.310 e. The maximum atomic E-state index is 5.96. The van der Waals surface area contributed by atoms with Crippen molar-refractivity contribution in [2.45, 2.75) is 11.8 Å². The Labute approximate surface area is 126 Å². The van der Waals surface area contributed by atoms with Crippen molar-refractivity contribution >= 4 is 40.8 Å². The van der Waals surface area contributed by atoms with E-state index in [1.807, 2.05) is 28.9 Å². The van der Waals surface area contributed by atoms with Gasteiger partial charge in [0, 0.05) is 48.0 Å². The summed E-state index contributed by atoms with van der Waals surface area (Å²) in [5.41, 5.74) is 2.01. The summed E-state index contributed by atoms with van der Waals surface area (Å²) in [5, 5.41) is 4.98. The molecule has 102 valence electrons. The van der Waals surface area contributed by atoms with Crippen LogP contribution < -0.4 is 5.32 Å². The van der Waals surface area contributed by atoms with Crippen LogP contribution in [0.5, 0.6) is 0 Å². The van der Waals surface area contributed by atoms with Crippen LogP contribution in [0.4, 0.5) is 0 Å². The molecule has 1 N–H and O–H groups in total. The predicted molar refractivity (Wildman–Crippen MR) is 85.5 cm³/mol. The Hall–Kier alpha value is -0.360. The second-order valence-electron chi connectivity index (χ2n) is 4.54. The molecule has 0 radical (unpaired) electrons. The first-order valence-corrected chi connectivity index (χ1v) is 8.92. The summed E-state index contributed by atoms with van der Waals surface area (Å²) in [6.45, 7) is 1.88. The van der Waals surface area contributed by atoms with Gasteiger partial charge >= 0.3 is 0 Å². The van der Waals surface area contributed by atoms with Gasteiger partial charge in [0.05, 0.1) is 10.7 Å². The smallest absolute Gasteiger partial charge is 0.137 e. The number of rotatable bonds is 4. The Kier molecular flexibility index (Phi) is 4.58. The minimum atomic E-state index is 0.736. The van der Waals surface area contributed by atoms with Crippen LogP contribution in [0.25, 0.3) is 5.65 Å². The van der Waals surface area contributed by atoms with Gasteiger partial charge in [-0.1, -0.05) is 11.6 Å². The maximum Gasteiger partial charge on any atom is 0.137 e. The van der Waals surface area contributed by atoms with Gasteiger partial charge in [-0.05, 0) is 12.1 Å². The summed E-state index contributed by atoms with van der Waals surface area (Å²) in [7, 11) is 0. The zero-order valence-corrected chi connectivity index (χ0v) is 12.9. The molecule has 1 unspecified atom stereocenters. The van der Waals surface area contributed by atoms with E-state index in [4.69, 9.17) is 11.6 Å². The lowest BCUT2D eigenvalue weighted by atomic mass is 10.4. The summed E-state index contributed by atoms with van der Waals surface area (Å²) in [4.78, 5) is 4.57. The molecular weight excluding hydrogens is 298 g/mol. The predicted octanol–water partition coefficient (Wildman–Crippen LogP) is 2.93. The van der Waals surface area contributed by atoms with E-state index in [0.29, 0.717) is 0 Å². The number of pyridine rings is 1. The van der Waals surface area contributed by atoms with E-state index in [1.54, 1.807) is 0 Å².